The average Bonchev–Trinajstić information content (AvgIpc) is 3.57. The van der Waals surface area contributed by atoms with Gasteiger partial charge in [0.15, 0.2) is 5.82 Å². The van der Waals surface area contributed by atoms with E-state index in [9.17, 15) is 9.18 Å². The van der Waals surface area contributed by atoms with Crippen molar-refractivity contribution in [2.75, 3.05) is 18.4 Å². The van der Waals surface area contributed by atoms with Gasteiger partial charge in [-0.15, -0.1) is 0 Å². The van der Waals surface area contributed by atoms with Gasteiger partial charge in [0, 0.05) is 43.3 Å². The molecule has 2 fully saturated rings. The van der Waals surface area contributed by atoms with E-state index in [4.69, 9.17) is 11.6 Å². The highest BCUT2D eigenvalue weighted by Crippen LogP contribution is 2.55. The maximum atomic E-state index is 14.2. The van der Waals surface area contributed by atoms with Crippen LogP contribution in [0.1, 0.15) is 36.0 Å². The molecule has 1 aliphatic heterocycles. The summed E-state index contributed by atoms with van der Waals surface area (Å²) in [6, 6.07) is 9.49. The van der Waals surface area contributed by atoms with Crippen molar-refractivity contribution in [3.05, 3.63) is 71.4 Å². The number of likely N-dealkylation sites (tertiary alicyclic amines) is 1. The van der Waals surface area contributed by atoms with E-state index in [1.165, 1.54) is 25.0 Å². The number of rotatable bonds is 5. The molecule has 2 aliphatic rings. The molecule has 1 spiro atoms. The number of hydrogen-bond donors (Lipinski definition) is 1. The van der Waals surface area contributed by atoms with E-state index in [2.05, 4.69) is 20.3 Å². The minimum Gasteiger partial charge on any atom is -0.368 e. The predicted octanol–water partition coefficient (Wildman–Crippen LogP) is 4.83. The Labute approximate surface area is 190 Å². The zero-order valence-electron chi connectivity index (χ0n) is 17.5. The molecule has 164 valence electrons. The SMILES string of the molecule is O=C(c1cc(F)ccc1-c1ncccn1)N1CCC2(CC2)C[C@@H]1CNc1ccc(Cl)cn1. The first-order valence-corrected chi connectivity index (χ1v) is 11.1. The van der Waals surface area contributed by atoms with Crippen molar-refractivity contribution in [3.8, 4) is 11.4 Å². The topological polar surface area (TPSA) is 71.0 Å². The number of pyridine rings is 1. The van der Waals surface area contributed by atoms with Crippen LogP contribution in [0.5, 0.6) is 0 Å². The second kappa shape index (κ2) is 8.47. The van der Waals surface area contributed by atoms with E-state index in [1.54, 1.807) is 36.8 Å². The molecule has 1 aromatic carbocycles. The monoisotopic (exact) mass is 451 g/mol. The molecule has 1 amide bonds. The first kappa shape index (κ1) is 20.8. The van der Waals surface area contributed by atoms with Crippen LogP contribution in [0.3, 0.4) is 0 Å². The van der Waals surface area contributed by atoms with Gasteiger partial charge in [-0.2, -0.15) is 0 Å². The molecule has 1 saturated carbocycles. The lowest BCUT2D eigenvalue weighted by Gasteiger charge is -2.40. The summed E-state index contributed by atoms with van der Waals surface area (Å²) >= 11 is 5.93. The summed E-state index contributed by atoms with van der Waals surface area (Å²) in [7, 11) is 0. The minimum atomic E-state index is -0.455. The Hall–Kier alpha value is -3.06. The highest BCUT2D eigenvalue weighted by atomic mass is 35.5. The van der Waals surface area contributed by atoms with Crippen molar-refractivity contribution in [2.24, 2.45) is 5.41 Å². The second-order valence-electron chi connectivity index (χ2n) is 8.61. The largest absolute Gasteiger partial charge is 0.368 e. The number of nitrogens with one attached hydrogen (secondary N) is 1. The summed E-state index contributed by atoms with van der Waals surface area (Å²) in [4.78, 5) is 28.4. The Bertz CT molecular complexity index is 1120. The summed E-state index contributed by atoms with van der Waals surface area (Å²) in [6.07, 6.45) is 9.12. The van der Waals surface area contributed by atoms with Gasteiger partial charge in [-0.25, -0.2) is 19.3 Å². The number of nitrogens with zero attached hydrogens (tertiary/aromatic N) is 4. The number of amides is 1. The summed E-state index contributed by atoms with van der Waals surface area (Å²) in [5, 5.41) is 3.91. The van der Waals surface area contributed by atoms with Gasteiger partial charge in [0.25, 0.3) is 5.91 Å². The van der Waals surface area contributed by atoms with Crippen LogP contribution in [0, 0.1) is 11.2 Å². The summed E-state index contributed by atoms with van der Waals surface area (Å²) in [6.45, 7) is 1.21. The Morgan fingerprint density at radius 1 is 1.16 bits per heavy atom. The number of carbonyl (C=O) groups excluding carboxylic acids is 1. The zero-order chi connectivity index (χ0) is 22.1. The van der Waals surface area contributed by atoms with E-state index in [1.807, 2.05) is 11.0 Å². The molecule has 3 aromatic rings. The third kappa shape index (κ3) is 4.30. The fourth-order valence-electron chi connectivity index (χ4n) is 4.52. The molecular weight excluding hydrogens is 429 g/mol. The van der Waals surface area contributed by atoms with Gasteiger partial charge < -0.3 is 10.2 Å². The van der Waals surface area contributed by atoms with Gasteiger partial charge in [0.2, 0.25) is 0 Å². The number of anilines is 1. The van der Waals surface area contributed by atoms with Crippen molar-refractivity contribution >= 4 is 23.3 Å². The van der Waals surface area contributed by atoms with Gasteiger partial charge in [-0.3, -0.25) is 4.79 Å². The summed E-state index contributed by atoms with van der Waals surface area (Å²) < 4.78 is 14.2. The normalized spacial score (nSPS) is 19.1. The molecule has 0 bridgehead atoms. The third-order valence-corrected chi connectivity index (χ3v) is 6.70. The predicted molar refractivity (Wildman–Crippen MR) is 121 cm³/mol. The van der Waals surface area contributed by atoms with Gasteiger partial charge in [0.05, 0.1) is 10.6 Å². The highest BCUT2D eigenvalue weighted by Gasteiger charge is 2.49. The highest BCUT2D eigenvalue weighted by molar-refractivity contribution is 6.30. The molecule has 8 heteroatoms. The maximum absolute atomic E-state index is 14.2. The van der Waals surface area contributed by atoms with Gasteiger partial charge >= 0.3 is 0 Å². The molecule has 1 saturated heterocycles. The van der Waals surface area contributed by atoms with E-state index < -0.39 is 5.82 Å². The maximum Gasteiger partial charge on any atom is 0.255 e. The van der Waals surface area contributed by atoms with Crippen LogP contribution in [0.2, 0.25) is 5.02 Å². The van der Waals surface area contributed by atoms with Crippen LogP contribution in [-0.2, 0) is 0 Å². The standard InChI is InChI=1S/C24H23ClFN5O/c25-16-2-5-21(29-14-16)30-15-18-13-24(6-7-24)8-11-31(18)23(32)20-12-17(26)3-4-19(20)22-27-9-1-10-28-22/h1-5,9-10,12,14,18H,6-8,11,13,15H2,(H,29,30)/t18-/m1/s1. The van der Waals surface area contributed by atoms with Crippen molar-refractivity contribution in [1.29, 1.82) is 0 Å². The van der Waals surface area contributed by atoms with Crippen LogP contribution in [-0.4, -0.2) is 44.9 Å². The number of halogens is 2. The number of benzene rings is 1. The lowest BCUT2D eigenvalue weighted by atomic mass is 9.87. The van der Waals surface area contributed by atoms with Crippen molar-refractivity contribution in [2.45, 2.75) is 31.7 Å². The van der Waals surface area contributed by atoms with Crippen LogP contribution >= 0.6 is 11.6 Å². The van der Waals surface area contributed by atoms with E-state index in [-0.39, 0.29) is 17.5 Å². The Balaban J connectivity index is 1.42. The Kier molecular flexibility index (Phi) is 5.51. The molecule has 6 nitrogen and oxygen atoms in total. The first-order chi connectivity index (χ1) is 15.5. The van der Waals surface area contributed by atoms with Crippen molar-refractivity contribution < 1.29 is 9.18 Å². The Morgan fingerprint density at radius 2 is 1.97 bits per heavy atom. The van der Waals surface area contributed by atoms with Gasteiger partial charge in [-0.05, 0) is 67.5 Å². The van der Waals surface area contributed by atoms with E-state index in [0.717, 1.165) is 12.8 Å². The van der Waals surface area contributed by atoms with E-state index in [0.29, 0.717) is 40.7 Å². The number of aromatic nitrogens is 3. The minimum absolute atomic E-state index is 0.0240. The van der Waals surface area contributed by atoms with E-state index >= 15 is 0 Å². The van der Waals surface area contributed by atoms with Gasteiger partial charge in [-0.1, -0.05) is 11.6 Å². The Morgan fingerprint density at radius 3 is 2.69 bits per heavy atom. The lowest BCUT2D eigenvalue weighted by Crippen LogP contribution is -2.50. The smallest absolute Gasteiger partial charge is 0.255 e. The van der Waals surface area contributed by atoms with Crippen molar-refractivity contribution in [1.82, 2.24) is 19.9 Å². The molecule has 3 heterocycles. The molecular formula is C24H23ClFN5O. The quantitative estimate of drug-likeness (QED) is 0.601. The fraction of sp³-hybridized carbons (Fsp3) is 0.333. The number of piperidine rings is 1. The van der Waals surface area contributed by atoms with Crippen LogP contribution in [0.15, 0.2) is 55.0 Å². The molecule has 2 aromatic heterocycles. The molecule has 0 radical (unpaired) electrons. The fourth-order valence-corrected chi connectivity index (χ4v) is 4.63. The molecule has 0 unspecified atom stereocenters. The molecule has 32 heavy (non-hydrogen) atoms. The lowest BCUT2D eigenvalue weighted by molar-refractivity contribution is 0.0546. The molecule has 1 N–H and O–H groups in total. The third-order valence-electron chi connectivity index (χ3n) is 6.48. The molecule has 1 aliphatic carbocycles. The second-order valence-corrected chi connectivity index (χ2v) is 9.05. The molecule has 1 atom stereocenters. The zero-order valence-corrected chi connectivity index (χ0v) is 18.2. The van der Waals surface area contributed by atoms with Crippen LogP contribution in [0.4, 0.5) is 10.2 Å². The molecule has 5 rings (SSSR count). The first-order valence-electron chi connectivity index (χ1n) is 10.8. The van der Waals surface area contributed by atoms with Crippen molar-refractivity contribution in [3.63, 3.8) is 0 Å². The number of carbonyl (C=O) groups is 1. The van der Waals surface area contributed by atoms with Crippen LogP contribution < -0.4 is 5.32 Å². The van der Waals surface area contributed by atoms with Gasteiger partial charge in [0.1, 0.15) is 11.6 Å². The van der Waals surface area contributed by atoms with Crippen LogP contribution in [0.25, 0.3) is 11.4 Å². The average molecular weight is 452 g/mol. The number of hydrogen-bond acceptors (Lipinski definition) is 5. The summed E-state index contributed by atoms with van der Waals surface area (Å²) in [5.41, 5.74) is 1.16. The summed E-state index contributed by atoms with van der Waals surface area (Å²) in [5.74, 6) is 0.468.